The van der Waals surface area contributed by atoms with E-state index in [4.69, 9.17) is 10.2 Å². The van der Waals surface area contributed by atoms with Crippen LogP contribution >= 0.6 is 0 Å². The first-order valence-corrected chi connectivity index (χ1v) is 5.88. The number of amides is 3. The first-order chi connectivity index (χ1) is 9.31. The lowest BCUT2D eigenvalue weighted by Crippen LogP contribution is -2.43. The van der Waals surface area contributed by atoms with E-state index in [0.717, 1.165) is 4.90 Å². The SMILES string of the molecule is O=C(O)CC(NC(=O)CCN1C(=O)CCC1=O)C(=O)O. The van der Waals surface area contributed by atoms with Crippen molar-refractivity contribution in [2.75, 3.05) is 6.54 Å². The van der Waals surface area contributed by atoms with Gasteiger partial charge in [-0.1, -0.05) is 0 Å². The molecule has 110 valence electrons. The molecule has 1 aliphatic heterocycles. The fourth-order valence-corrected chi connectivity index (χ4v) is 1.73. The molecule has 3 N–H and O–H groups in total. The summed E-state index contributed by atoms with van der Waals surface area (Å²) < 4.78 is 0. The van der Waals surface area contributed by atoms with Gasteiger partial charge >= 0.3 is 11.9 Å². The van der Waals surface area contributed by atoms with Crippen LogP contribution in [0.2, 0.25) is 0 Å². The van der Waals surface area contributed by atoms with Crippen LogP contribution < -0.4 is 5.32 Å². The van der Waals surface area contributed by atoms with E-state index in [1.807, 2.05) is 5.32 Å². The highest BCUT2D eigenvalue weighted by molar-refractivity contribution is 6.02. The molecule has 0 saturated carbocycles. The molecule has 1 heterocycles. The van der Waals surface area contributed by atoms with Crippen molar-refractivity contribution in [2.45, 2.75) is 31.7 Å². The molecule has 1 saturated heterocycles. The molecule has 9 heteroatoms. The molecule has 0 bridgehead atoms. The van der Waals surface area contributed by atoms with Crippen LogP contribution in [-0.4, -0.2) is 57.4 Å². The highest BCUT2D eigenvalue weighted by Crippen LogP contribution is 2.11. The van der Waals surface area contributed by atoms with E-state index in [2.05, 4.69) is 0 Å². The number of hydrogen-bond acceptors (Lipinski definition) is 5. The van der Waals surface area contributed by atoms with E-state index >= 15 is 0 Å². The number of nitrogens with zero attached hydrogens (tertiary/aromatic N) is 1. The van der Waals surface area contributed by atoms with Crippen LogP contribution in [0.3, 0.4) is 0 Å². The summed E-state index contributed by atoms with van der Waals surface area (Å²) in [6, 6.07) is -1.54. The Hall–Kier alpha value is -2.45. The van der Waals surface area contributed by atoms with E-state index in [-0.39, 0.29) is 37.6 Å². The maximum Gasteiger partial charge on any atom is 0.326 e. The first-order valence-electron chi connectivity index (χ1n) is 5.88. The third kappa shape index (κ3) is 4.34. The predicted molar refractivity (Wildman–Crippen MR) is 62.4 cm³/mol. The van der Waals surface area contributed by atoms with Gasteiger partial charge in [-0.3, -0.25) is 24.1 Å². The van der Waals surface area contributed by atoms with Gasteiger partial charge in [0.25, 0.3) is 0 Å². The van der Waals surface area contributed by atoms with Gasteiger partial charge in [0.2, 0.25) is 17.7 Å². The standard InChI is InChI=1S/C11H14N2O7/c14-7(12-6(11(19)20)5-10(17)18)3-4-13-8(15)1-2-9(13)16/h6H,1-5H2,(H,12,14)(H,17,18)(H,19,20). The number of hydrogen-bond donors (Lipinski definition) is 3. The zero-order valence-electron chi connectivity index (χ0n) is 10.5. The van der Waals surface area contributed by atoms with Gasteiger partial charge in [0.15, 0.2) is 0 Å². The average molecular weight is 286 g/mol. The molecule has 20 heavy (non-hydrogen) atoms. The average Bonchev–Trinajstić information content (AvgIpc) is 2.65. The Bertz CT molecular complexity index is 444. The first kappa shape index (κ1) is 15.6. The van der Waals surface area contributed by atoms with Crippen LogP contribution in [0.1, 0.15) is 25.7 Å². The second kappa shape index (κ2) is 6.64. The summed E-state index contributed by atoms with van der Waals surface area (Å²) in [6.45, 7) is -0.136. The van der Waals surface area contributed by atoms with Crippen molar-refractivity contribution >= 4 is 29.7 Å². The second-order valence-corrected chi connectivity index (χ2v) is 4.25. The fraction of sp³-hybridized carbons (Fsp3) is 0.545. The number of imide groups is 1. The van der Waals surface area contributed by atoms with E-state index in [1.165, 1.54) is 0 Å². The van der Waals surface area contributed by atoms with Crippen LogP contribution in [0, 0.1) is 0 Å². The van der Waals surface area contributed by atoms with Crippen LogP contribution in [0.4, 0.5) is 0 Å². The van der Waals surface area contributed by atoms with Crippen molar-refractivity contribution in [3.63, 3.8) is 0 Å². The molecule has 1 rings (SSSR count). The molecule has 9 nitrogen and oxygen atoms in total. The number of nitrogens with one attached hydrogen (secondary N) is 1. The van der Waals surface area contributed by atoms with Crippen molar-refractivity contribution in [3.05, 3.63) is 0 Å². The van der Waals surface area contributed by atoms with Crippen molar-refractivity contribution < 1.29 is 34.2 Å². The lowest BCUT2D eigenvalue weighted by Gasteiger charge is -2.15. The highest BCUT2D eigenvalue weighted by Gasteiger charge is 2.29. The molecule has 1 aliphatic rings. The summed E-state index contributed by atoms with van der Waals surface area (Å²) in [4.78, 5) is 56.2. The quantitative estimate of drug-likeness (QED) is 0.487. The lowest BCUT2D eigenvalue weighted by atomic mass is 10.2. The smallest absolute Gasteiger partial charge is 0.326 e. The normalized spacial score (nSPS) is 16.1. The molecule has 0 radical (unpaired) electrons. The Morgan fingerprint density at radius 3 is 2.15 bits per heavy atom. The fourth-order valence-electron chi connectivity index (χ4n) is 1.73. The Morgan fingerprint density at radius 1 is 1.15 bits per heavy atom. The van der Waals surface area contributed by atoms with Crippen LogP contribution in [-0.2, 0) is 24.0 Å². The molecular formula is C11H14N2O7. The minimum absolute atomic E-state index is 0.108. The van der Waals surface area contributed by atoms with Crippen LogP contribution in [0.15, 0.2) is 0 Å². The van der Waals surface area contributed by atoms with Crippen LogP contribution in [0.5, 0.6) is 0 Å². The zero-order valence-corrected chi connectivity index (χ0v) is 10.5. The van der Waals surface area contributed by atoms with Gasteiger partial charge in [-0.2, -0.15) is 0 Å². The number of carbonyl (C=O) groups is 5. The van der Waals surface area contributed by atoms with Gasteiger partial charge in [-0.15, -0.1) is 0 Å². The third-order valence-corrected chi connectivity index (χ3v) is 2.73. The van der Waals surface area contributed by atoms with Crippen molar-refractivity contribution in [1.82, 2.24) is 10.2 Å². The molecule has 0 aromatic rings. The van der Waals surface area contributed by atoms with E-state index in [0.29, 0.717) is 0 Å². The largest absolute Gasteiger partial charge is 0.481 e. The van der Waals surface area contributed by atoms with Gasteiger partial charge in [0.05, 0.1) is 6.42 Å². The van der Waals surface area contributed by atoms with Gasteiger partial charge in [0.1, 0.15) is 6.04 Å². The summed E-state index contributed by atoms with van der Waals surface area (Å²) in [7, 11) is 0. The van der Waals surface area contributed by atoms with Crippen molar-refractivity contribution in [2.24, 2.45) is 0 Å². The summed E-state index contributed by atoms with van der Waals surface area (Å²) in [5.41, 5.74) is 0. The van der Waals surface area contributed by atoms with Gasteiger partial charge in [-0.25, -0.2) is 4.79 Å². The minimum atomic E-state index is -1.54. The topological polar surface area (TPSA) is 141 Å². The summed E-state index contributed by atoms with van der Waals surface area (Å²) in [5.74, 6) is -4.30. The molecule has 0 spiro atoms. The lowest BCUT2D eigenvalue weighted by molar-refractivity contribution is -0.147. The van der Waals surface area contributed by atoms with Crippen LogP contribution in [0.25, 0.3) is 0 Å². The number of carboxylic acid groups (broad SMARTS) is 2. The maximum absolute atomic E-state index is 11.5. The molecule has 0 aliphatic carbocycles. The number of likely N-dealkylation sites (tertiary alicyclic amines) is 1. The Balaban J connectivity index is 2.46. The maximum atomic E-state index is 11.5. The molecule has 1 unspecified atom stereocenters. The van der Waals surface area contributed by atoms with Gasteiger partial charge < -0.3 is 15.5 Å². The molecule has 0 aromatic carbocycles. The molecule has 0 aromatic heterocycles. The Kier molecular flexibility index (Phi) is 5.18. The number of aliphatic carboxylic acids is 2. The van der Waals surface area contributed by atoms with Crippen molar-refractivity contribution in [3.8, 4) is 0 Å². The Morgan fingerprint density at radius 2 is 1.70 bits per heavy atom. The number of carbonyl (C=O) groups excluding carboxylic acids is 3. The second-order valence-electron chi connectivity index (χ2n) is 4.25. The van der Waals surface area contributed by atoms with E-state index < -0.39 is 30.3 Å². The third-order valence-electron chi connectivity index (χ3n) is 2.73. The monoisotopic (exact) mass is 286 g/mol. The number of carboxylic acids is 2. The molecule has 1 atom stereocenters. The molecular weight excluding hydrogens is 272 g/mol. The molecule has 1 fully saturated rings. The van der Waals surface area contributed by atoms with E-state index in [9.17, 15) is 24.0 Å². The predicted octanol–water partition coefficient (Wildman–Crippen LogP) is -1.43. The number of rotatable bonds is 7. The summed E-state index contributed by atoms with van der Waals surface area (Å²) in [5, 5.41) is 19.3. The van der Waals surface area contributed by atoms with Crippen molar-refractivity contribution in [1.29, 1.82) is 0 Å². The summed E-state index contributed by atoms with van der Waals surface area (Å²) in [6.07, 6.45) is -0.794. The van der Waals surface area contributed by atoms with E-state index in [1.54, 1.807) is 0 Å². The summed E-state index contributed by atoms with van der Waals surface area (Å²) >= 11 is 0. The highest BCUT2D eigenvalue weighted by atomic mass is 16.4. The molecule has 3 amide bonds. The minimum Gasteiger partial charge on any atom is -0.481 e. The van der Waals surface area contributed by atoms with Gasteiger partial charge in [-0.05, 0) is 0 Å². The Labute approximate surface area is 113 Å². The zero-order chi connectivity index (χ0) is 15.3. The van der Waals surface area contributed by atoms with Gasteiger partial charge in [0, 0.05) is 25.8 Å².